The zero-order valence-corrected chi connectivity index (χ0v) is 16.2. The zero-order chi connectivity index (χ0) is 16.2. The first-order chi connectivity index (χ1) is 10.2. The Labute approximate surface area is 139 Å². The summed E-state index contributed by atoms with van der Waals surface area (Å²) in [6, 6.07) is 0. The van der Waals surface area contributed by atoms with E-state index in [1.165, 1.54) is 57.8 Å². The number of hydrogen-bond donors (Lipinski definition) is 0. The summed E-state index contributed by atoms with van der Waals surface area (Å²) >= 11 is 0. The fourth-order valence-corrected chi connectivity index (χ4v) is 7.08. The number of fused-ring (bicyclic) bond motifs is 3. The molecule has 0 bridgehead atoms. The minimum absolute atomic E-state index is 0.574. The first kappa shape index (κ1) is 16.8. The van der Waals surface area contributed by atoms with Crippen LogP contribution in [-0.4, -0.2) is 0 Å². The molecule has 0 nitrogen and oxygen atoms in total. The second kappa shape index (κ2) is 5.52. The van der Waals surface area contributed by atoms with Crippen LogP contribution in [0.1, 0.15) is 99.3 Å². The molecule has 0 aromatic carbocycles. The van der Waals surface area contributed by atoms with E-state index < -0.39 is 0 Å². The van der Waals surface area contributed by atoms with E-state index in [-0.39, 0.29) is 0 Å². The smallest absolute Gasteiger partial charge is 0.0241 e. The average Bonchev–Trinajstić information content (AvgIpc) is 2.44. The largest absolute Gasteiger partial charge is 0.0654 e. The Hall–Kier alpha value is 0. The molecule has 3 saturated carbocycles. The van der Waals surface area contributed by atoms with E-state index in [1.807, 2.05) is 0 Å². The summed E-state index contributed by atoms with van der Waals surface area (Å²) in [5.41, 5.74) is 1.84. The molecule has 0 aliphatic heterocycles. The summed E-state index contributed by atoms with van der Waals surface area (Å²) in [5, 5.41) is 0. The normalized spacial score (nSPS) is 51.0. The minimum Gasteiger partial charge on any atom is -0.0654 e. The third-order valence-electron chi connectivity index (χ3n) is 9.23. The Morgan fingerprint density at radius 1 is 0.909 bits per heavy atom. The van der Waals surface area contributed by atoms with Gasteiger partial charge >= 0.3 is 0 Å². The standard InChI is InChI=1S/C22H40/c1-7-8-17-9-14-22(6)19-11-12-20(3,4)16(2)18(19)10-13-21(22,5)15-17/h16-19H,7-15H2,1-6H3. The molecule has 0 spiro atoms. The monoisotopic (exact) mass is 304 g/mol. The van der Waals surface area contributed by atoms with Crippen molar-refractivity contribution < 1.29 is 0 Å². The molecule has 0 heterocycles. The van der Waals surface area contributed by atoms with E-state index in [2.05, 4.69) is 41.5 Å². The summed E-state index contributed by atoms with van der Waals surface area (Å²) in [5.74, 6) is 3.96. The number of rotatable bonds is 2. The topological polar surface area (TPSA) is 0 Å². The quantitative estimate of drug-likeness (QED) is 0.511. The van der Waals surface area contributed by atoms with Crippen LogP contribution < -0.4 is 0 Å². The van der Waals surface area contributed by atoms with Crippen LogP contribution in [-0.2, 0) is 0 Å². The maximum Gasteiger partial charge on any atom is -0.0241 e. The van der Waals surface area contributed by atoms with Crippen LogP contribution in [0.2, 0.25) is 0 Å². The van der Waals surface area contributed by atoms with Crippen LogP contribution >= 0.6 is 0 Å². The third kappa shape index (κ3) is 2.39. The Balaban J connectivity index is 1.85. The molecule has 0 radical (unpaired) electrons. The second-order valence-corrected chi connectivity index (χ2v) is 10.5. The van der Waals surface area contributed by atoms with Crippen LogP contribution in [0, 0.1) is 39.9 Å². The van der Waals surface area contributed by atoms with E-state index in [9.17, 15) is 0 Å². The van der Waals surface area contributed by atoms with Gasteiger partial charge in [-0.15, -0.1) is 0 Å². The van der Waals surface area contributed by atoms with Crippen molar-refractivity contribution in [2.24, 2.45) is 39.9 Å². The van der Waals surface area contributed by atoms with E-state index in [1.54, 1.807) is 0 Å². The predicted molar refractivity (Wildman–Crippen MR) is 96.9 cm³/mol. The maximum atomic E-state index is 2.71. The van der Waals surface area contributed by atoms with Crippen molar-refractivity contribution in [2.45, 2.75) is 99.3 Å². The van der Waals surface area contributed by atoms with Gasteiger partial charge in [0.2, 0.25) is 0 Å². The van der Waals surface area contributed by atoms with Crippen LogP contribution in [0.3, 0.4) is 0 Å². The molecule has 0 saturated heterocycles. The van der Waals surface area contributed by atoms with Gasteiger partial charge in [-0.05, 0) is 84.9 Å². The van der Waals surface area contributed by atoms with E-state index >= 15 is 0 Å². The SMILES string of the molecule is CCCC1CCC2(C)C3CCC(C)(C)C(C)C3CCC2(C)C1. The van der Waals surface area contributed by atoms with Gasteiger partial charge in [-0.2, -0.15) is 0 Å². The highest BCUT2D eigenvalue weighted by atomic mass is 14.6. The molecule has 128 valence electrons. The summed E-state index contributed by atoms with van der Waals surface area (Å²) in [6.07, 6.45) is 13.4. The lowest BCUT2D eigenvalue weighted by atomic mass is 9.40. The lowest BCUT2D eigenvalue weighted by Crippen LogP contribution is -2.57. The lowest BCUT2D eigenvalue weighted by Gasteiger charge is -2.65. The summed E-state index contributed by atoms with van der Waals surface area (Å²) in [7, 11) is 0. The van der Waals surface area contributed by atoms with Gasteiger partial charge in [0.05, 0.1) is 0 Å². The van der Waals surface area contributed by atoms with Crippen molar-refractivity contribution in [3.63, 3.8) is 0 Å². The Kier molecular flexibility index (Phi) is 4.23. The predicted octanol–water partition coefficient (Wildman–Crippen LogP) is 7.08. The molecule has 6 atom stereocenters. The molecular formula is C22H40. The van der Waals surface area contributed by atoms with Crippen LogP contribution in [0.15, 0.2) is 0 Å². The van der Waals surface area contributed by atoms with Crippen LogP contribution in [0.4, 0.5) is 0 Å². The van der Waals surface area contributed by atoms with Crippen molar-refractivity contribution in [3.8, 4) is 0 Å². The highest BCUT2D eigenvalue weighted by Crippen LogP contribution is 2.68. The van der Waals surface area contributed by atoms with Gasteiger partial charge in [0.15, 0.2) is 0 Å². The van der Waals surface area contributed by atoms with Gasteiger partial charge < -0.3 is 0 Å². The molecule has 3 aliphatic rings. The average molecular weight is 305 g/mol. The Bertz CT molecular complexity index is 408. The summed E-state index contributed by atoms with van der Waals surface area (Å²) < 4.78 is 0. The molecule has 3 fully saturated rings. The van der Waals surface area contributed by atoms with Gasteiger partial charge in [-0.25, -0.2) is 0 Å². The zero-order valence-electron chi connectivity index (χ0n) is 16.2. The fraction of sp³-hybridized carbons (Fsp3) is 1.00. The van der Waals surface area contributed by atoms with Crippen molar-refractivity contribution in [1.82, 2.24) is 0 Å². The van der Waals surface area contributed by atoms with Gasteiger partial charge in [0.25, 0.3) is 0 Å². The molecule has 3 rings (SSSR count). The van der Waals surface area contributed by atoms with Gasteiger partial charge in [0.1, 0.15) is 0 Å². The molecule has 0 heteroatoms. The molecule has 0 N–H and O–H groups in total. The summed E-state index contributed by atoms with van der Waals surface area (Å²) in [6.45, 7) is 15.4. The number of hydrogen-bond acceptors (Lipinski definition) is 0. The Morgan fingerprint density at radius 3 is 2.32 bits per heavy atom. The maximum absolute atomic E-state index is 2.71. The molecule has 6 unspecified atom stereocenters. The third-order valence-corrected chi connectivity index (χ3v) is 9.23. The van der Waals surface area contributed by atoms with Gasteiger partial charge in [0, 0.05) is 0 Å². The molecule has 22 heavy (non-hydrogen) atoms. The first-order valence-corrected chi connectivity index (χ1v) is 10.2. The minimum atomic E-state index is 0.574. The molecule has 0 amide bonds. The van der Waals surface area contributed by atoms with E-state index in [4.69, 9.17) is 0 Å². The van der Waals surface area contributed by atoms with Crippen LogP contribution in [0.5, 0.6) is 0 Å². The Morgan fingerprint density at radius 2 is 1.64 bits per heavy atom. The second-order valence-electron chi connectivity index (χ2n) is 10.5. The molecule has 0 aromatic heterocycles. The van der Waals surface area contributed by atoms with Crippen molar-refractivity contribution in [3.05, 3.63) is 0 Å². The summed E-state index contributed by atoms with van der Waals surface area (Å²) in [4.78, 5) is 0. The van der Waals surface area contributed by atoms with Crippen molar-refractivity contribution in [2.75, 3.05) is 0 Å². The van der Waals surface area contributed by atoms with E-state index in [0.717, 1.165) is 23.7 Å². The first-order valence-electron chi connectivity index (χ1n) is 10.2. The van der Waals surface area contributed by atoms with Gasteiger partial charge in [-0.3, -0.25) is 0 Å². The molecular weight excluding hydrogens is 264 g/mol. The van der Waals surface area contributed by atoms with Crippen molar-refractivity contribution >= 4 is 0 Å². The van der Waals surface area contributed by atoms with Gasteiger partial charge in [-0.1, -0.05) is 54.4 Å². The van der Waals surface area contributed by atoms with Crippen molar-refractivity contribution in [1.29, 1.82) is 0 Å². The highest BCUT2D eigenvalue weighted by molar-refractivity contribution is 5.09. The van der Waals surface area contributed by atoms with Crippen LogP contribution in [0.25, 0.3) is 0 Å². The fourth-order valence-electron chi connectivity index (χ4n) is 7.08. The molecule has 0 aromatic rings. The lowest BCUT2D eigenvalue weighted by molar-refractivity contribution is -0.157. The molecule has 3 aliphatic carbocycles. The highest BCUT2D eigenvalue weighted by Gasteiger charge is 2.59. The van der Waals surface area contributed by atoms with E-state index in [0.29, 0.717) is 16.2 Å².